The first-order valence-electron chi connectivity index (χ1n) is 5.41. The van der Waals surface area contributed by atoms with E-state index in [1.165, 1.54) is 0 Å². The van der Waals surface area contributed by atoms with Gasteiger partial charge in [-0.15, -0.1) is 0 Å². The lowest BCUT2D eigenvalue weighted by molar-refractivity contribution is -0.126. The molecule has 0 unspecified atom stereocenters. The van der Waals surface area contributed by atoms with Crippen molar-refractivity contribution in [2.45, 2.75) is 33.7 Å². The Morgan fingerprint density at radius 3 is 2.27 bits per heavy atom. The van der Waals surface area contributed by atoms with Gasteiger partial charge in [0.2, 0.25) is 5.91 Å². The fourth-order valence-electron chi connectivity index (χ4n) is 2.01. The molecule has 1 amide bonds. The van der Waals surface area contributed by atoms with Crippen LogP contribution in [0, 0.1) is 10.8 Å². The van der Waals surface area contributed by atoms with Crippen LogP contribution >= 0.6 is 0 Å². The summed E-state index contributed by atoms with van der Waals surface area (Å²) in [5.74, 6) is -0.0490. The summed E-state index contributed by atoms with van der Waals surface area (Å²) in [6.45, 7) is 9.66. The number of ether oxygens (including phenoxy) is 1. The SMILES string of the molecule is CC1(C)C(NC(=O)COCCN)C1(C)C. The van der Waals surface area contributed by atoms with Crippen molar-refractivity contribution < 1.29 is 9.53 Å². The molecule has 0 spiro atoms. The van der Waals surface area contributed by atoms with Crippen molar-refractivity contribution in [2.75, 3.05) is 19.8 Å². The predicted molar refractivity (Wildman–Crippen MR) is 59.4 cm³/mol. The van der Waals surface area contributed by atoms with Gasteiger partial charge in [-0.2, -0.15) is 0 Å². The largest absolute Gasteiger partial charge is 0.370 e. The zero-order valence-corrected chi connectivity index (χ0v) is 10.1. The average Bonchev–Trinajstić information content (AvgIpc) is 2.49. The molecular formula is C11H22N2O2. The van der Waals surface area contributed by atoms with Gasteiger partial charge in [-0.3, -0.25) is 4.79 Å². The van der Waals surface area contributed by atoms with Crippen molar-refractivity contribution in [1.29, 1.82) is 0 Å². The quantitative estimate of drug-likeness (QED) is 0.655. The second-order valence-electron chi connectivity index (χ2n) is 5.29. The number of nitrogens with one attached hydrogen (secondary N) is 1. The van der Waals surface area contributed by atoms with Crippen LogP contribution in [0.2, 0.25) is 0 Å². The van der Waals surface area contributed by atoms with Crippen LogP contribution in [0.5, 0.6) is 0 Å². The zero-order chi connectivity index (χ0) is 11.7. The van der Waals surface area contributed by atoms with Crippen LogP contribution in [-0.2, 0) is 9.53 Å². The van der Waals surface area contributed by atoms with Crippen LogP contribution in [-0.4, -0.2) is 31.7 Å². The second kappa shape index (κ2) is 4.10. The van der Waals surface area contributed by atoms with Crippen molar-refractivity contribution in [3.05, 3.63) is 0 Å². The summed E-state index contributed by atoms with van der Waals surface area (Å²) in [6.07, 6.45) is 0. The Kier molecular flexibility index (Phi) is 3.41. The molecule has 88 valence electrons. The molecule has 0 aromatic carbocycles. The molecule has 0 heterocycles. The van der Waals surface area contributed by atoms with Gasteiger partial charge in [-0.25, -0.2) is 0 Å². The average molecular weight is 214 g/mol. The lowest BCUT2D eigenvalue weighted by Gasteiger charge is -2.06. The summed E-state index contributed by atoms with van der Waals surface area (Å²) < 4.78 is 5.07. The van der Waals surface area contributed by atoms with Crippen LogP contribution in [0.1, 0.15) is 27.7 Å². The maximum atomic E-state index is 11.5. The Balaban J connectivity index is 2.29. The van der Waals surface area contributed by atoms with Gasteiger partial charge in [0, 0.05) is 12.6 Å². The van der Waals surface area contributed by atoms with E-state index in [9.17, 15) is 4.79 Å². The number of hydrogen-bond acceptors (Lipinski definition) is 3. The van der Waals surface area contributed by atoms with E-state index in [0.717, 1.165) is 0 Å². The van der Waals surface area contributed by atoms with E-state index in [0.29, 0.717) is 13.2 Å². The molecule has 1 aliphatic rings. The third-order valence-electron chi connectivity index (χ3n) is 3.82. The van der Waals surface area contributed by atoms with Crippen LogP contribution in [0.25, 0.3) is 0 Å². The molecule has 0 radical (unpaired) electrons. The summed E-state index contributed by atoms with van der Waals surface area (Å²) >= 11 is 0. The first-order valence-corrected chi connectivity index (χ1v) is 5.41. The molecule has 4 nitrogen and oxygen atoms in total. The molecule has 3 N–H and O–H groups in total. The first-order chi connectivity index (χ1) is 6.84. The van der Waals surface area contributed by atoms with Gasteiger partial charge in [0.05, 0.1) is 6.61 Å². The lowest BCUT2D eigenvalue weighted by atomic mass is 10.0. The highest BCUT2D eigenvalue weighted by atomic mass is 16.5. The van der Waals surface area contributed by atoms with E-state index in [2.05, 4.69) is 33.0 Å². The maximum absolute atomic E-state index is 11.5. The summed E-state index contributed by atoms with van der Waals surface area (Å²) in [5, 5.41) is 2.99. The molecule has 0 aliphatic heterocycles. The minimum absolute atomic E-state index is 0.0490. The first kappa shape index (κ1) is 12.5. The second-order valence-corrected chi connectivity index (χ2v) is 5.29. The third-order valence-corrected chi connectivity index (χ3v) is 3.82. The van der Waals surface area contributed by atoms with Crippen LogP contribution in [0.15, 0.2) is 0 Å². The zero-order valence-electron chi connectivity index (χ0n) is 10.1. The smallest absolute Gasteiger partial charge is 0.246 e. The highest BCUT2D eigenvalue weighted by molar-refractivity contribution is 5.78. The molecule has 4 heteroatoms. The minimum Gasteiger partial charge on any atom is -0.370 e. The van der Waals surface area contributed by atoms with E-state index in [1.807, 2.05) is 0 Å². The Labute approximate surface area is 91.5 Å². The Bertz CT molecular complexity index is 235. The number of nitrogens with two attached hydrogens (primary N) is 1. The normalized spacial score (nSPS) is 22.5. The van der Waals surface area contributed by atoms with Crippen LogP contribution in [0.3, 0.4) is 0 Å². The summed E-state index contributed by atoms with van der Waals surface area (Å²) in [6, 6.07) is 0.249. The van der Waals surface area contributed by atoms with Gasteiger partial charge >= 0.3 is 0 Å². The van der Waals surface area contributed by atoms with Crippen molar-refractivity contribution in [1.82, 2.24) is 5.32 Å². The Hall–Kier alpha value is -0.610. The highest BCUT2D eigenvalue weighted by Gasteiger charge is 2.65. The molecule has 1 saturated carbocycles. The molecule has 0 aromatic heterocycles. The predicted octanol–water partition coefficient (Wildman–Crippen LogP) is 0.513. The minimum atomic E-state index is -0.0490. The Morgan fingerprint density at radius 2 is 1.87 bits per heavy atom. The fourth-order valence-corrected chi connectivity index (χ4v) is 2.01. The van der Waals surface area contributed by atoms with E-state index in [1.54, 1.807) is 0 Å². The van der Waals surface area contributed by atoms with Crippen molar-refractivity contribution in [3.63, 3.8) is 0 Å². The van der Waals surface area contributed by atoms with Gasteiger partial charge in [0.15, 0.2) is 0 Å². The number of carbonyl (C=O) groups is 1. The summed E-state index contributed by atoms with van der Waals surface area (Å²) in [5.41, 5.74) is 5.61. The van der Waals surface area contributed by atoms with Gasteiger partial charge in [0.1, 0.15) is 6.61 Å². The van der Waals surface area contributed by atoms with E-state index in [4.69, 9.17) is 10.5 Å². The van der Waals surface area contributed by atoms with Gasteiger partial charge < -0.3 is 15.8 Å². The van der Waals surface area contributed by atoms with Crippen molar-refractivity contribution in [2.24, 2.45) is 16.6 Å². The molecule has 1 rings (SSSR count). The van der Waals surface area contributed by atoms with Gasteiger partial charge in [0.25, 0.3) is 0 Å². The van der Waals surface area contributed by atoms with E-state index in [-0.39, 0.29) is 29.4 Å². The monoisotopic (exact) mass is 214 g/mol. The number of rotatable bonds is 5. The molecule has 1 fully saturated rings. The van der Waals surface area contributed by atoms with E-state index < -0.39 is 0 Å². The van der Waals surface area contributed by atoms with E-state index >= 15 is 0 Å². The van der Waals surface area contributed by atoms with Crippen LogP contribution < -0.4 is 11.1 Å². The molecule has 15 heavy (non-hydrogen) atoms. The molecule has 0 aromatic rings. The fraction of sp³-hybridized carbons (Fsp3) is 0.909. The molecule has 0 atom stereocenters. The molecule has 0 saturated heterocycles. The number of amides is 1. The molecule has 0 bridgehead atoms. The topological polar surface area (TPSA) is 64.3 Å². The lowest BCUT2D eigenvalue weighted by Crippen LogP contribution is -2.33. The summed E-state index contributed by atoms with van der Waals surface area (Å²) in [4.78, 5) is 11.5. The summed E-state index contributed by atoms with van der Waals surface area (Å²) in [7, 11) is 0. The Morgan fingerprint density at radius 1 is 1.33 bits per heavy atom. The maximum Gasteiger partial charge on any atom is 0.246 e. The van der Waals surface area contributed by atoms with Crippen LogP contribution in [0.4, 0.5) is 0 Å². The van der Waals surface area contributed by atoms with Gasteiger partial charge in [-0.05, 0) is 10.8 Å². The highest BCUT2D eigenvalue weighted by Crippen LogP contribution is 2.62. The number of hydrogen-bond donors (Lipinski definition) is 2. The standard InChI is InChI=1S/C11H22N2O2/c1-10(2)9(11(10,3)4)13-8(14)7-15-6-5-12/h9H,5-7,12H2,1-4H3,(H,13,14). The molecular weight excluding hydrogens is 192 g/mol. The van der Waals surface area contributed by atoms with Gasteiger partial charge in [-0.1, -0.05) is 27.7 Å². The molecule has 1 aliphatic carbocycles. The van der Waals surface area contributed by atoms with Crippen molar-refractivity contribution in [3.8, 4) is 0 Å². The third kappa shape index (κ3) is 2.32. The van der Waals surface area contributed by atoms with Crippen molar-refractivity contribution >= 4 is 5.91 Å². The number of carbonyl (C=O) groups excluding carboxylic acids is 1.